The smallest absolute Gasteiger partial charge is 0.0349 e. The summed E-state index contributed by atoms with van der Waals surface area (Å²) < 4.78 is 0. The van der Waals surface area contributed by atoms with Crippen LogP contribution in [0.3, 0.4) is 0 Å². The molecule has 0 saturated carbocycles. The molecule has 0 amide bonds. The maximum absolute atomic E-state index is 2.39. The molecule has 100 valence electrons. The molecule has 0 aliphatic heterocycles. The van der Waals surface area contributed by atoms with Crippen LogP contribution >= 0.6 is 0 Å². The lowest BCUT2D eigenvalue weighted by Crippen LogP contribution is -2.27. The zero-order valence-corrected chi connectivity index (χ0v) is 12.0. The molecule has 6 rings (SSSR count). The third-order valence-corrected chi connectivity index (χ3v) is 5.10. The van der Waals surface area contributed by atoms with Crippen LogP contribution in [0.15, 0.2) is 66.7 Å². The summed E-state index contributed by atoms with van der Waals surface area (Å²) in [5, 5.41) is 0. The van der Waals surface area contributed by atoms with E-state index in [-0.39, 0.29) is 0 Å². The van der Waals surface area contributed by atoms with Gasteiger partial charge < -0.3 is 0 Å². The Morgan fingerprint density at radius 2 is 0.952 bits per heavy atom. The molecule has 0 saturated heterocycles. The Morgan fingerprint density at radius 3 is 1.48 bits per heavy atom. The molecule has 0 aromatic heterocycles. The van der Waals surface area contributed by atoms with Crippen LogP contribution in [0.4, 0.5) is 0 Å². The highest BCUT2D eigenvalue weighted by molar-refractivity contribution is 5.67. The molecule has 0 heteroatoms. The summed E-state index contributed by atoms with van der Waals surface area (Å²) >= 11 is 0. The van der Waals surface area contributed by atoms with E-state index in [1.165, 1.54) is 38.9 Å². The predicted octanol–water partition coefficient (Wildman–Crippen LogP) is 4.98. The van der Waals surface area contributed by atoms with Gasteiger partial charge in [0.15, 0.2) is 0 Å². The Kier molecular flexibility index (Phi) is 2.08. The van der Waals surface area contributed by atoms with Crippen LogP contribution in [-0.2, 0) is 0 Å². The Bertz CT molecular complexity index is 825. The van der Waals surface area contributed by atoms with Crippen molar-refractivity contribution in [1.29, 1.82) is 0 Å². The average molecular weight is 268 g/mol. The molecule has 0 N–H and O–H groups in total. The number of benzene rings is 3. The lowest BCUT2D eigenvalue weighted by molar-refractivity contribution is 0.753. The second-order valence-corrected chi connectivity index (χ2v) is 6.26. The van der Waals surface area contributed by atoms with E-state index in [1.54, 1.807) is 0 Å². The van der Waals surface area contributed by atoms with Crippen molar-refractivity contribution in [2.45, 2.75) is 18.8 Å². The van der Waals surface area contributed by atoms with Gasteiger partial charge in [-0.2, -0.15) is 0 Å². The van der Waals surface area contributed by atoms with Gasteiger partial charge in [0, 0.05) is 11.8 Å². The van der Waals surface area contributed by atoms with E-state index >= 15 is 0 Å². The lowest BCUT2D eigenvalue weighted by atomic mass is 9.61. The van der Waals surface area contributed by atoms with Crippen molar-refractivity contribution in [3.8, 4) is 0 Å². The number of hydrogen-bond acceptors (Lipinski definition) is 0. The summed E-state index contributed by atoms with van der Waals surface area (Å²) in [6.07, 6.45) is 0. The van der Waals surface area contributed by atoms with Crippen LogP contribution in [0.5, 0.6) is 0 Å². The molecule has 21 heavy (non-hydrogen) atoms. The molecule has 0 heterocycles. The number of rotatable bonds is 0. The second kappa shape index (κ2) is 3.85. The van der Waals surface area contributed by atoms with Crippen molar-refractivity contribution in [2.75, 3.05) is 0 Å². The van der Waals surface area contributed by atoms with Crippen molar-refractivity contribution in [2.24, 2.45) is 0 Å². The molecule has 0 unspecified atom stereocenters. The van der Waals surface area contributed by atoms with Crippen LogP contribution in [0, 0.1) is 6.92 Å². The van der Waals surface area contributed by atoms with Gasteiger partial charge in [-0.1, -0.05) is 72.3 Å². The monoisotopic (exact) mass is 268 g/mol. The van der Waals surface area contributed by atoms with Crippen molar-refractivity contribution in [1.82, 2.24) is 0 Å². The zero-order chi connectivity index (χ0) is 14.0. The predicted molar refractivity (Wildman–Crippen MR) is 86.0 cm³/mol. The summed E-state index contributed by atoms with van der Waals surface area (Å²) in [6.45, 7) is 2.19. The maximum atomic E-state index is 2.39. The summed E-state index contributed by atoms with van der Waals surface area (Å²) in [5.74, 6) is 0.829. The Hall–Kier alpha value is -2.34. The number of aryl methyl sites for hydroxylation is 1. The van der Waals surface area contributed by atoms with E-state index in [2.05, 4.69) is 73.7 Å². The Morgan fingerprint density at radius 1 is 0.524 bits per heavy atom. The van der Waals surface area contributed by atoms with Crippen LogP contribution in [-0.4, -0.2) is 0 Å². The van der Waals surface area contributed by atoms with Gasteiger partial charge in [-0.3, -0.25) is 0 Å². The molecule has 0 spiro atoms. The molecule has 3 aliphatic rings. The minimum atomic E-state index is 0.414. The molecule has 0 nitrogen and oxygen atoms in total. The van der Waals surface area contributed by atoms with Gasteiger partial charge in [0.1, 0.15) is 0 Å². The third kappa shape index (κ3) is 1.35. The normalized spacial score (nSPS) is 20.6. The van der Waals surface area contributed by atoms with Gasteiger partial charge in [0.05, 0.1) is 0 Å². The molecule has 3 aromatic rings. The summed E-state index contributed by atoms with van der Waals surface area (Å²) in [7, 11) is 0. The van der Waals surface area contributed by atoms with Crippen molar-refractivity contribution in [3.63, 3.8) is 0 Å². The molecule has 0 radical (unpaired) electrons. The van der Waals surface area contributed by atoms with Gasteiger partial charge in [-0.25, -0.2) is 0 Å². The molecular formula is C21H16. The average Bonchev–Trinajstić information content (AvgIpc) is 2.54. The van der Waals surface area contributed by atoms with Gasteiger partial charge >= 0.3 is 0 Å². The highest BCUT2D eigenvalue weighted by atomic mass is 14.4. The topological polar surface area (TPSA) is 0 Å². The molecule has 2 bridgehead atoms. The molecule has 3 aromatic carbocycles. The summed E-state index contributed by atoms with van der Waals surface area (Å²) in [6, 6.07) is 24.9. The van der Waals surface area contributed by atoms with Gasteiger partial charge in [0.2, 0.25) is 0 Å². The fourth-order valence-corrected chi connectivity index (χ4v) is 4.29. The summed E-state index contributed by atoms with van der Waals surface area (Å²) in [4.78, 5) is 0. The summed E-state index contributed by atoms with van der Waals surface area (Å²) in [5.41, 5.74) is 10.4. The maximum Gasteiger partial charge on any atom is 0.0349 e. The first-order valence-corrected chi connectivity index (χ1v) is 7.62. The van der Waals surface area contributed by atoms with Gasteiger partial charge in [-0.05, 0) is 40.3 Å². The Balaban J connectivity index is 1.92. The SMILES string of the molecule is Cc1ccc2c(c1)C1c3ccccc3C2c2ccccc21. The zero-order valence-electron chi connectivity index (χ0n) is 12.0. The molecular weight excluding hydrogens is 252 g/mol. The fraction of sp³-hybridized carbons (Fsp3) is 0.143. The standard InChI is InChI=1S/C21H16/c1-13-10-11-18-19(12-13)21-16-8-4-2-6-14(16)20(18)15-7-3-5-9-17(15)21/h2-12,20-21H,1H3. The quantitative estimate of drug-likeness (QED) is 0.371. The van der Waals surface area contributed by atoms with E-state index < -0.39 is 0 Å². The minimum absolute atomic E-state index is 0.414. The van der Waals surface area contributed by atoms with Crippen LogP contribution in [0.25, 0.3) is 0 Å². The first-order valence-electron chi connectivity index (χ1n) is 7.62. The van der Waals surface area contributed by atoms with Crippen molar-refractivity contribution in [3.05, 3.63) is 106 Å². The van der Waals surface area contributed by atoms with Crippen LogP contribution in [0.2, 0.25) is 0 Å². The first-order chi connectivity index (χ1) is 10.3. The van der Waals surface area contributed by atoms with E-state index in [0.29, 0.717) is 11.8 Å². The third-order valence-electron chi connectivity index (χ3n) is 5.10. The second-order valence-electron chi connectivity index (χ2n) is 6.26. The minimum Gasteiger partial charge on any atom is -0.0619 e. The number of hydrogen-bond donors (Lipinski definition) is 0. The Labute approximate surface area is 125 Å². The molecule has 3 aliphatic carbocycles. The van der Waals surface area contributed by atoms with Gasteiger partial charge in [0.25, 0.3) is 0 Å². The highest BCUT2D eigenvalue weighted by Gasteiger charge is 2.40. The van der Waals surface area contributed by atoms with Crippen LogP contribution in [0.1, 0.15) is 50.8 Å². The largest absolute Gasteiger partial charge is 0.0619 e. The first kappa shape index (κ1) is 11.3. The van der Waals surface area contributed by atoms with Crippen molar-refractivity contribution < 1.29 is 0 Å². The van der Waals surface area contributed by atoms with Gasteiger partial charge in [-0.15, -0.1) is 0 Å². The van der Waals surface area contributed by atoms with Crippen molar-refractivity contribution >= 4 is 0 Å². The van der Waals surface area contributed by atoms with Crippen LogP contribution < -0.4 is 0 Å². The highest BCUT2D eigenvalue weighted by Crippen LogP contribution is 2.55. The molecule has 0 fully saturated rings. The lowest BCUT2D eigenvalue weighted by Gasteiger charge is -2.42. The van der Waals surface area contributed by atoms with E-state index in [4.69, 9.17) is 0 Å². The van der Waals surface area contributed by atoms with E-state index in [9.17, 15) is 0 Å². The van der Waals surface area contributed by atoms with E-state index in [1.807, 2.05) is 0 Å². The molecule has 0 atom stereocenters. The fourth-order valence-electron chi connectivity index (χ4n) is 4.29. The van der Waals surface area contributed by atoms with E-state index in [0.717, 1.165) is 0 Å².